The minimum absolute atomic E-state index is 0.0481. The zero-order valence-corrected chi connectivity index (χ0v) is 14.2. The summed E-state index contributed by atoms with van der Waals surface area (Å²) in [4.78, 5) is 0. The summed E-state index contributed by atoms with van der Waals surface area (Å²) >= 11 is 0. The van der Waals surface area contributed by atoms with Crippen molar-refractivity contribution >= 4 is 0 Å². The smallest absolute Gasteiger partial charge is 0.128 e. The summed E-state index contributed by atoms with van der Waals surface area (Å²) in [5.41, 5.74) is 1.27. The highest BCUT2D eigenvalue weighted by molar-refractivity contribution is 5.49. The van der Waals surface area contributed by atoms with Gasteiger partial charge < -0.3 is 14.8 Å². The summed E-state index contributed by atoms with van der Waals surface area (Å²) in [6, 6.07) is 6.58. The summed E-state index contributed by atoms with van der Waals surface area (Å²) in [5.74, 6) is 2.65. The van der Waals surface area contributed by atoms with Crippen LogP contribution in [0.2, 0.25) is 0 Å². The molecule has 1 heterocycles. The first kappa shape index (κ1) is 15.7. The predicted molar refractivity (Wildman–Crippen MR) is 89.6 cm³/mol. The van der Waals surface area contributed by atoms with Crippen molar-refractivity contribution in [1.29, 1.82) is 0 Å². The average molecular weight is 303 g/mol. The summed E-state index contributed by atoms with van der Waals surface area (Å²) in [6.07, 6.45) is 6.02. The SMILES string of the molecule is CCOc1cccc2c1C(NCC(C)C)CC1(CCCC1)O2. The quantitative estimate of drug-likeness (QED) is 0.870. The van der Waals surface area contributed by atoms with E-state index in [1.54, 1.807) is 0 Å². The lowest BCUT2D eigenvalue weighted by molar-refractivity contribution is 0.0351. The van der Waals surface area contributed by atoms with Crippen molar-refractivity contribution in [1.82, 2.24) is 5.32 Å². The lowest BCUT2D eigenvalue weighted by Crippen LogP contribution is -2.43. The van der Waals surface area contributed by atoms with Gasteiger partial charge in [0.1, 0.15) is 17.1 Å². The third-order valence-electron chi connectivity index (χ3n) is 4.86. The largest absolute Gasteiger partial charge is 0.493 e. The van der Waals surface area contributed by atoms with Crippen molar-refractivity contribution in [2.75, 3.05) is 13.2 Å². The van der Waals surface area contributed by atoms with Crippen molar-refractivity contribution in [2.45, 2.75) is 64.5 Å². The number of hydrogen-bond donors (Lipinski definition) is 1. The molecule has 22 heavy (non-hydrogen) atoms. The highest BCUT2D eigenvalue weighted by Gasteiger charge is 2.44. The Morgan fingerprint density at radius 2 is 2.09 bits per heavy atom. The number of benzene rings is 1. The van der Waals surface area contributed by atoms with Gasteiger partial charge in [-0.3, -0.25) is 0 Å². The van der Waals surface area contributed by atoms with E-state index in [1.807, 2.05) is 6.92 Å². The van der Waals surface area contributed by atoms with Gasteiger partial charge in [0.2, 0.25) is 0 Å². The Morgan fingerprint density at radius 3 is 2.77 bits per heavy atom. The molecule has 1 spiro atoms. The second-order valence-electron chi connectivity index (χ2n) is 7.15. The number of ether oxygens (including phenoxy) is 2. The molecule has 1 unspecified atom stereocenters. The molecule has 0 saturated heterocycles. The van der Waals surface area contributed by atoms with Crippen molar-refractivity contribution < 1.29 is 9.47 Å². The molecule has 3 rings (SSSR count). The average Bonchev–Trinajstić information content (AvgIpc) is 2.92. The van der Waals surface area contributed by atoms with Crippen LogP contribution >= 0.6 is 0 Å². The first-order chi connectivity index (χ1) is 10.6. The minimum atomic E-state index is 0.0481. The topological polar surface area (TPSA) is 30.5 Å². The molecule has 1 aromatic carbocycles. The molecule has 1 aliphatic carbocycles. The van der Waals surface area contributed by atoms with E-state index in [0.29, 0.717) is 18.6 Å². The van der Waals surface area contributed by atoms with Gasteiger partial charge in [-0.1, -0.05) is 19.9 Å². The fourth-order valence-electron chi connectivity index (χ4n) is 3.86. The van der Waals surface area contributed by atoms with Gasteiger partial charge in [0.15, 0.2) is 0 Å². The van der Waals surface area contributed by atoms with E-state index in [9.17, 15) is 0 Å². The molecule has 1 aromatic rings. The third kappa shape index (κ3) is 3.10. The molecule has 2 aliphatic rings. The maximum atomic E-state index is 6.48. The Balaban J connectivity index is 1.93. The predicted octanol–water partition coefficient (Wildman–Crippen LogP) is 4.47. The van der Waals surface area contributed by atoms with Gasteiger partial charge in [0, 0.05) is 12.5 Å². The standard InChI is InChI=1S/C19H29NO2/c1-4-21-16-8-7-9-17-18(16)15(20-13-14(2)3)12-19(22-17)10-5-6-11-19/h7-9,14-15,20H,4-6,10-13H2,1-3H3. The van der Waals surface area contributed by atoms with Gasteiger partial charge in [0.05, 0.1) is 12.2 Å². The maximum Gasteiger partial charge on any atom is 0.128 e. The van der Waals surface area contributed by atoms with E-state index < -0.39 is 0 Å². The lowest BCUT2D eigenvalue weighted by atomic mass is 9.85. The van der Waals surface area contributed by atoms with Crippen LogP contribution in [0, 0.1) is 5.92 Å². The Morgan fingerprint density at radius 1 is 1.32 bits per heavy atom. The molecular weight excluding hydrogens is 274 g/mol. The zero-order chi connectivity index (χ0) is 15.6. The van der Waals surface area contributed by atoms with Crippen LogP contribution in [-0.4, -0.2) is 18.8 Å². The molecule has 1 saturated carbocycles. The Labute approximate surface area is 134 Å². The molecule has 0 bridgehead atoms. The number of nitrogens with one attached hydrogen (secondary N) is 1. The summed E-state index contributed by atoms with van der Waals surface area (Å²) in [6.45, 7) is 8.28. The van der Waals surface area contributed by atoms with E-state index in [0.717, 1.165) is 24.5 Å². The van der Waals surface area contributed by atoms with Gasteiger partial charge in [-0.25, -0.2) is 0 Å². The Kier molecular flexibility index (Phi) is 4.62. The Hall–Kier alpha value is -1.22. The second kappa shape index (κ2) is 6.49. The molecule has 0 aromatic heterocycles. The highest BCUT2D eigenvalue weighted by atomic mass is 16.5. The molecule has 1 aliphatic heterocycles. The van der Waals surface area contributed by atoms with E-state index in [1.165, 1.54) is 31.2 Å². The van der Waals surface area contributed by atoms with Crippen molar-refractivity contribution in [2.24, 2.45) is 5.92 Å². The van der Waals surface area contributed by atoms with Gasteiger partial charge in [-0.05, 0) is 57.2 Å². The molecular formula is C19H29NO2. The van der Waals surface area contributed by atoms with Crippen molar-refractivity contribution in [3.63, 3.8) is 0 Å². The van der Waals surface area contributed by atoms with Crippen LogP contribution in [0.3, 0.4) is 0 Å². The highest BCUT2D eigenvalue weighted by Crippen LogP contribution is 2.49. The van der Waals surface area contributed by atoms with Crippen LogP contribution in [0.25, 0.3) is 0 Å². The summed E-state index contributed by atoms with van der Waals surface area (Å²) < 4.78 is 12.4. The first-order valence-corrected chi connectivity index (χ1v) is 8.81. The molecule has 0 radical (unpaired) electrons. The maximum absolute atomic E-state index is 6.48. The van der Waals surface area contributed by atoms with E-state index in [-0.39, 0.29) is 5.60 Å². The third-order valence-corrected chi connectivity index (χ3v) is 4.86. The molecule has 3 heteroatoms. The Bertz CT molecular complexity index is 506. The fraction of sp³-hybridized carbons (Fsp3) is 0.684. The molecule has 3 nitrogen and oxygen atoms in total. The number of rotatable bonds is 5. The van der Waals surface area contributed by atoms with Crippen LogP contribution in [0.5, 0.6) is 11.5 Å². The second-order valence-corrected chi connectivity index (χ2v) is 7.15. The summed E-state index contributed by atoms with van der Waals surface area (Å²) in [7, 11) is 0. The van der Waals surface area contributed by atoms with Crippen LogP contribution in [0.4, 0.5) is 0 Å². The van der Waals surface area contributed by atoms with Crippen LogP contribution in [0.1, 0.15) is 64.5 Å². The summed E-state index contributed by atoms with van der Waals surface area (Å²) in [5, 5.41) is 3.77. The van der Waals surface area contributed by atoms with E-state index in [4.69, 9.17) is 9.47 Å². The number of fused-ring (bicyclic) bond motifs is 1. The molecule has 1 N–H and O–H groups in total. The monoisotopic (exact) mass is 303 g/mol. The first-order valence-electron chi connectivity index (χ1n) is 8.81. The van der Waals surface area contributed by atoms with E-state index in [2.05, 4.69) is 37.4 Å². The molecule has 1 fully saturated rings. The van der Waals surface area contributed by atoms with Gasteiger partial charge in [-0.2, -0.15) is 0 Å². The molecule has 1 atom stereocenters. The van der Waals surface area contributed by atoms with Crippen molar-refractivity contribution in [3.05, 3.63) is 23.8 Å². The number of hydrogen-bond acceptors (Lipinski definition) is 3. The van der Waals surface area contributed by atoms with Crippen LogP contribution < -0.4 is 14.8 Å². The van der Waals surface area contributed by atoms with Gasteiger partial charge >= 0.3 is 0 Å². The molecule has 0 amide bonds. The van der Waals surface area contributed by atoms with Crippen LogP contribution in [-0.2, 0) is 0 Å². The normalized spacial score (nSPS) is 22.6. The van der Waals surface area contributed by atoms with E-state index >= 15 is 0 Å². The van der Waals surface area contributed by atoms with Gasteiger partial charge in [0.25, 0.3) is 0 Å². The minimum Gasteiger partial charge on any atom is -0.493 e. The van der Waals surface area contributed by atoms with Gasteiger partial charge in [-0.15, -0.1) is 0 Å². The lowest BCUT2D eigenvalue weighted by Gasteiger charge is -2.41. The zero-order valence-electron chi connectivity index (χ0n) is 14.2. The van der Waals surface area contributed by atoms with Crippen LogP contribution in [0.15, 0.2) is 18.2 Å². The fourth-order valence-corrected chi connectivity index (χ4v) is 3.86. The van der Waals surface area contributed by atoms with Crippen molar-refractivity contribution in [3.8, 4) is 11.5 Å². The molecule has 122 valence electrons.